The molecule has 1 saturated heterocycles. The van der Waals surface area contributed by atoms with Crippen LogP contribution in [0.25, 0.3) is 0 Å². The zero-order chi connectivity index (χ0) is 28.5. The Balaban J connectivity index is 1.37. The third kappa shape index (κ3) is 8.88. The summed E-state index contributed by atoms with van der Waals surface area (Å²) in [5.41, 5.74) is 2.85. The average molecular weight is 542 g/mol. The van der Waals surface area contributed by atoms with E-state index < -0.39 is 0 Å². The van der Waals surface area contributed by atoms with Gasteiger partial charge in [-0.1, -0.05) is 72.9 Å². The van der Waals surface area contributed by atoms with Gasteiger partial charge in [0.2, 0.25) is 5.91 Å². The fourth-order valence-electron chi connectivity index (χ4n) is 5.62. The molecule has 39 heavy (non-hydrogen) atoms. The topological polar surface area (TPSA) is 70.7 Å². The smallest absolute Gasteiger partial charge is 0.317 e. The predicted octanol–water partition coefficient (Wildman–Crippen LogP) is 7.09. The summed E-state index contributed by atoms with van der Waals surface area (Å²) < 4.78 is 6.28. The van der Waals surface area contributed by atoms with Crippen molar-refractivity contribution in [3.05, 3.63) is 29.3 Å². The molecule has 3 rings (SSSR count). The highest BCUT2D eigenvalue weighted by atomic mass is 16.5. The molecule has 3 amide bonds. The molecule has 2 N–H and O–H groups in total. The number of unbranched alkanes of at least 4 members (excludes halogenated alkanes) is 1. The minimum Gasteiger partial charge on any atom is -0.493 e. The van der Waals surface area contributed by atoms with Crippen LogP contribution >= 0.6 is 0 Å². The second-order valence-electron chi connectivity index (χ2n) is 13.1. The van der Waals surface area contributed by atoms with Crippen molar-refractivity contribution in [2.24, 2.45) is 5.92 Å². The van der Waals surface area contributed by atoms with Gasteiger partial charge in [-0.25, -0.2) is 4.79 Å². The van der Waals surface area contributed by atoms with Crippen molar-refractivity contribution in [2.45, 2.75) is 129 Å². The number of hydrogen-bond donors (Lipinski definition) is 2. The SMILES string of the molecule is CCC(C)(C)c1ccc(OCCCCNC(=O)C2CCN(C(=O)NC3CCCCC3)CC2)c(C(C)(C)CC)c1. The van der Waals surface area contributed by atoms with Crippen molar-refractivity contribution < 1.29 is 14.3 Å². The molecule has 1 saturated carbocycles. The summed E-state index contributed by atoms with van der Waals surface area (Å²) in [6.07, 6.45) is 11.3. The van der Waals surface area contributed by atoms with Gasteiger partial charge >= 0.3 is 6.03 Å². The van der Waals surface area contributed by atoms with Gasteiger partial charge in [0.05, 0.1) is 6.61 Å². The van der Waals surface area contributed by atoms with Crippen LogP contribution < -0.4 is 15.4 Å². The lowest BCUT2D eigenvalue weighted by molar-refractivity contribution is -0.126. The molecule has 6 nitrogen and oxygen atoms in total. The third-order valence-electron chi connectivity index (χ3n) is 9.47. The predicted molar refractivity (Wildman–Crippen MR) is 161 cm³/mol. The van der Waals surface area contributed by atoms with E-state index in [1.807, 2.05) is 4.90 Å². The molecule has 0 radical (unpaired) electrons. The van der Waals surface area contributed by atoms with Crippen LogP contribution in [0.2, 0.25) is 0 Å². The molecule has 0 unspecified atom stereocenters. The number of nitrogens with one attached hydrogen (secondary N) is 2. The van der Waals surface area contributed by atoms with E-state index in [9.17, 15) is 9.59 Å². The van der Waals surface area contributed by atoms with Crippen LogP contribution in [0.5, 0.6) is 5.75 Å². The van der Waals surface area contributed by atoms with Gasteiger partial charge in [-0.2, -0.15) is 0 Å². The zero-order valence-electron chi connectivity index (χ0n) is 25.7. The van der Waals surface area contributed by atoms with Crippen LogP contribution in [0.4, 0.5) is 4.79 Å². The first-order chi connectivity index (χ1) is 18.6. The maximum Gasteiger partial charge on any atom is 0.317 e. The lowest BCUT2D eigenvalue weighted by atomic mass is 9.76. The van der Waals surface area contributed by atoms with E-state index in [2.05, 4.69) is 70.4 Å². The zero-order valence-corrected chi connectivity index (χ0v) is 25.7. The van der Waals surface area contributed by atoms with Crippen LogP contribution in [0, 0.1) is 5.92 Å². The summed E-state index contributed by atoms with van der Waals surface area (Å²) in [4.78, 5) is 27.2. The van der Waals surface area contributed by atoms with E-state index >= 15 is 0 Å². The largest absolute Gasteiger partial charge is 0.493 e. The van der Waals surface area contributed by atoms with Crippen molar-refractivity contribution in [1.29, 1.82) is 0 Å². The molecular formula is C33H55N3O3. The Bertz CT molecular complexity index is 928. The van der Waals surface area contributed by atoms with Crippen molar-refractivity contribution in [3.63, 3.8) is 0 Å². The second-order valence-corrected chi connectivity index (χ2v) is 13.1. The van der Waals surface area contributed by atoms with Gasteiger partial charge in [-0.3, -0.25) is 4.79 Å². The second kappa shape index (κ2) is 14.4. The van der Waals surface area contributed by atoms with E-state index in [1.54, 1.807) is 0 Å². The van der Waals surface area contributed by atoms with Crippen molar-refractivity contribution >= 4 is 11.9 Å². The van der Waals surface area contributed by atoms with E-state index in [-0.39, 0.29) is 28.7 Å². The summed E-state index contributed by atoms with van der Waals surface area (Å²) >= 11 is 0. The van der Waals surface area contributed by atoms with Crippen LogP contribution in [0.3, 0.4) is 0 Å². The number of carbonyl (C=O) groups excluding carboxylic acids is 2. The van der Waals surface area contributed by atoms with Crippen LogP contribution in [0.1, 0.15) is 123 Å². The molecule has 1 aliphatic carbocycles. The monoisotopic (exact) mass is 541 g/mol. The first kappa shape index (κ1) is 31.3. The molecule has 0 bridgehead atoms. The molecule has 1 aromatic carbocycles. The normalized spacial score (nSPS) is 17.6. The number of urea groups is 1. The number of likely N-dealkylation sites (tertiary alicyclic amines) is 1. The van der Waals surface area contributed by atoms with E-state index in [1.165, 1.54) is 30.4 Å². The fraction of sp³-hybridized carbons (Fsp3) is 0.758. The maximum atomic E-state index is 12.7. The van der Waals surface area contributed by atoms with Crippen molar-refractivity contribution in [3.8, 4) is 5.75 Å². The molecular weight excluding hydrogens is 486 g/mol. The summed E-state index contributed by atoms with van der Waals surface area (Å²) in [5, 5.41) is 6.32. The van der Waals surface area contributed by atoms with Gasteiger partial charge < -0.3 is 20.3 Å². The Morgan fingerprint density at radius 1 is 0.923 bits per heavy atom. The van der Waals surface area contributed by atoms with Crippen molar-refractivity contribution in [1.82, 2.24) is 15.5 Å². The number of rotatable bonds is 12. The number of piperidine rings is 1. The molecule has 0 spiro atoms. The molecule has 2 aliphatic rings. The molecule has 1 aliphatic heterocycles. The maximum absolute atomic E-state index is 12.7. The Morgan fingerprint density at radius 2 is 1.59 bits per heavy atom. The van der Waals surface area contributed by atoms with Gasteiger partial charge in [0, 0.05) is 37.2 Å². The number of ether oxygens (including phenoxy) is 1. The number of benzene rings is 1. The molecule has 0 atom stereocenters. The molecule has 0 aromatic heterocycles. The van der Waals surface area contributed by atoms with Crippen LogP contribution in [0.15, 0.2) is 18.2 Å². The summed E-state index contributed by atoms with van der Waals surface area (Å²) in [7, 11) is 0. The van der Waals surface area contributed by atoms with Crippen LogP contribution in [-0.4, -0.2) is 49.1 Å². The first-order valence-electron chi connectivity index (χ1n) is 15.7. The first-order valence-corrected chi connectivity index (χ1v) is 15.7. The highest BCUT2D eigenvalue weighted by Gasteiger charge is 2.29. The lowest BCUT2D eigenvalue weighted by Gasteiger charge is -2.33. The molecule has 1 heterocycles. The highest BCUT2D eigenvalue weighted by molar-refractivity contribution is 5.79. The average Bonchev–Trinajstić information content (AvgIpc) is 2.95. The molecule has 1 aromatic rings. The van der Waals surface area contributed by atoms with E-state index in [4.69, 9.17) is 4.74 Å². The van der Waals surface area contributed by atoms with E-state index in [0.29, 0.717) is 32.3 Å². The number of nitrogens with zero attached hydrogens (tertiary/aromatic N) is 1. The Hall–Kier alpha value is -2.24. The van der Waals surface area contributed by atoms with Crippen LogP contribution in [-0.2, 0) is 15.6 Å². The van der Waals surface area contributed by atoms with Gasteiger partial charge in [0.1, 0.15) is 5.75 Å². The standard InChI is InChI=1S/C33H55N3O3/c1-7-32(3,4)26-16-17-29(28(24-26)33(5,6)8-2)39-23-13-12-20-34-30(37)25-18-21-36(22-19-25)31(38)35-27-14-10-9-11-15-27/h16-17,24-25,27H,7-15,18-23H2,1-6H3,(H,34,37)(H,35,38). The molecule has 6 heteroatoms. The highest BCUT2D eigenvalue weighted by Crippen LogP contribution is 2.38. The minimum absolute atomic E-state index is 0.00435. The van der Waals surface area contributed by atoms with Crippen molar-refractivity contribution in [2.75, 3.05) is 26.2 Å². The van der Waals surface area contributed by atoms with Gasteiger partial charge in [0.15, 0.2) is 0 Å². The van der Waals surface area contributed by atoms with Gasteiger partial charge in [-0.15, -0.1) is 0 Å². The summed E-state index contributed by atoms with van der Waals surface area (Å²) in [5.74, 6) is 1.12. The Labute approximate surface area is 238 Å². The quantitative estimate of drug-likeness (QED) is 0.278. The van der Waals surface area contributed by atoms with Gasteiger partial charge in [-0.05, 0) is 73.8 Å². The van der Waals surface area contributed by atoms with Gasteiger partial charge in [0.25, 0.3) is 0 Å². The Kier molecular flexibility index (Phi) is 11.6. The summed E-state index contributed by atoms with van der Waals surface area (Å²) in [6.45, 7) is 16.3. The number of hydrogen-bond acceptors (Lipinski definition) is 3. The number of carbonyl (C=O) groups is 2. The number of amides is 3. The third-order valence-corrected chi connectivity index (χ3v) is 9.47. The summed E-state index contributed by atoms with van der Waals surface area (Å²) in [6, 6.07) is 7.11. The lowest BCUT2D eigenvalue weighted by Crippen LogP contribution is -2.49. The fourth-order valence-corrected chi connectivity index (χ4v) is 5.62. The Morgan fingerprint density at radius 3 is 2.23 bits per heavy atom. The molecule has 2 fully saturated rings. The van der Waals surface area contributed by atoms with E-state index in [0.717, 1.165) is 57.1 Å². The minimum atomic E-state index is 0.00435. The molecule has 220 valence electrons.